The van der Waals surface area contributed by atoms with Crippen LogP contribution in [-0.2, 0) is 23.1 Å². The van der Waals surface area contributed by atoms with E-state index in [-0.39, 0.29) is 52.0 Å². The Bertz CT molecular complexity index is 1320. The Hall–Kier alpha value is -1.26. The molecule has 284 valence electrons. The number of carbonyl (C=O) groups is 1. The Morgan fingerprint density at radius 2 is 1.52 bits per heavy atom. The fourth-order valence-electron chi connectivity index (χ4n) is 8.41. The molecular weight excluding hydrogens is 653 g/mol. The molecule has 4 aliphatic rings. The van der Waals surface area contributed by atoms with E-state index in [1.807, 2.05) is 0 Å². The van der Waals surface area contributed by atoms with Crippen molar-refractivity contribution in [3.05, 3.63) is 47.1 Å². The Kier molecular flexibility index (Phi) is 13.0. The SMILES string of the molecule is C=C1C(=CC=C2CCC[C@]3(C)C([C@H](C)OCC(=O)OC4(C)CCCCCC4)=CC[C@@H]23)C[C@@H](O[Si](C)(C)C(C)(C)C)C[C@@H]1O[Si](C)(C)C(C)(C)C. The minimum Gasteiger partial charge on any atom is -0.458 e. The Labute approximate surface area is 309 Å². The quantitative estimate of drug-likeness (QED) is 0.0971. The Morgan fingerprint density at radius 3 is 2.12 bits per heavy atom. The third kappa shape index (κ3) is 9.64. The topological polar surface area (TPSA) is 54.0 Å². The molecule has 0 amide bonds. The first-order valence-electron chi connectivity index (χ1n) is 20.0. The smallest absolute Gasteiger partial charge is 0.332 e. The molecule has 0 spiro atoms. The van der Waals surface area contributed by atoms with Crippen molar-refractivity contribution < 1.29 is 23.1 Å². The zero-order chi connectivity index (χ0) is 37.3. The summed E-state index contributed by atoms with van der Waals surface area (Å²) < 4.78 is 26.4. The van der Waals surface area contributed by atoms with Crippen LogP contribution in [0.2, 0.25) is 36.3 Å². The summed E-state index contributed by atoms with van der Waals surface area (Å²) in [4.78, 5) is 12.9. The minimum absolute atomic E-state index is 0.0159. The third-order valence-electron chi connectivity index (χ3n) is 13.8. The molecule has 0 N–H and O–H groups in total. The van der Waals surface area contributed by atoms with Crippen LogP contribution in [0, 0.1) is 11.3 Å². The van der Waals surface area contributed by atoms with Crippen molar-refractivity contribution in [1.29, 1.82) is 0 Å². The van der Waals surface area contributed by atoms with Gasteiger partial charge in [0.05, 0.1) is 18.3 Å². The van der Waals surface area contributed by atoms with Crippen LogP contribution in [0.4, 0.5) is 0 Å². The van der Waals surface area contributed by atoms with Crippen LogP contribution in [0.5, 0.6) is 0 Å². The average Bonchev–Trinajstić information content (AvgIpc) is 3.20. The van der Waals surface area contributed by atoms with Gasteiger partial charge < -0.3 is 18.3 Å². The monoisotopic (exact) mass is 727 g/mol. The summed E-state index contributed by atoms with van der Waals surface area (Å²) in [7, 11) is -3.98. The molecule has 0 unspecified atom stereocenters. The molecule has 0 heterocycles. The molecule has 50 heavy (non-hydrogen) atoms. The summed E-state index contributed by atoms with van der Waals surface area (Å²) in [5, 5.41) is 0.275. The molecule has 0 saturated heterocycles. The largest absolute Gasteiger partial charge is 0.458 e. The van der Waals surface area contributed by atoms with Crippen molar-refractivity contribution in [2.24, 2.45) is 11.3 Å². The lowest BCUT2D eigenvalue weighted by Gasteiger charge is -2.45. The van der Waals surface area contributed by atoms with Crippen LogP contribution in [0.3, 0.4) is 0 Å². The first kappa shape index (κ1) is 41.5. The van der Waals surface area contributed by atoms with Crippen molar-refractivity contribution in [3.8, 4) is 0 Å². The molecule has 0 radical (unpaired) electrons. The fourth-order valence-corrected chi connectivity index (χ4v) is 11.1. The number of esters is 1. The van der Waals surface area contributed by atoms with Gasteiger partial charge in [-0.3, -0.25) is 0 Å². The lowest BCUT2D eigenvalue weighted by Crippen LogP contribution is -2.49. The number of ether oxygens (including phenoxy) is 2. The third-order valence-corrected chi connectivity index (χ3v) is 22.8. The molecule has 0 aromatic carbocycles. The molecule has 0 bridgehead atoms. The van der Waals surface area contributed by atoms with Crippen LogP contribution >= 0.6 is 0 Å². The highest BCUT2D eigenvalue weighted by Crippen LogP contribution is 2.56. The van der Waals surface area contributed by atoms with Gasteiger partial charge in [-0.25, -0.2) is 4.79 Å². The van der Waals surface area contributed by atoms with E-state index in [9.17, 15) is 4.79 Å². The Balaban J connectivity index is 1.49. The maximum atomic E-state index is 12.9. The fraction of sp³-hybridized carbons (Fsp3) is 0.791. The number of hydrogen-bond acceptors (Lipinski definition) is 5. The molecule has 0 aliphatic heterocycles. The lowest BCUT2D eigenvalue weighted by atomic mass is 9.63. The molecule has 0 aromatic heterocycles. The lowest BCUT2D eigenvalue weighted by molar-refractivity contribution is -0.166. The van der Waals surface area contributed by atoms with Crippen LogP contribution in [0.25, 0.3) is 0 Å². The summed E-state index contributed by atoms with van der Waals surface area (Å²) in [6, 6.07) is 0. The van der Waals surface area contributed by atoms with Crippen LogP contribution in [0.15, 0.2) is 47.1 Å². The van der Waals surface area contributed by atoms with Gasteiger partial charge in [-0.05, 0) is 136 Å². The Morgan fingerprint density at radius 1 is 0.920 bits per heavy atom. The van der Waals surface area contributed by atoms with Crippen molar-refractivity contribution in [3.63, 3.8) is 0 Å². The van der Waals surface area contributed by atoms with Crippen LogP contribution in [-0.4, -0.2) is 53.1 Å². The summed E-state index contributed by atoms with van der Waals surface area (Å²) in [5.74, 6) is 0.221. The number of fused-ring (bicyclic) bond motifs is 1. The van der Waals surface area contributed by atoms with E-state index in [1.165, 1.54) is 29.6 Å². The van der Waals surface area contributed by atoms with E-state index in [2.05, 4.69) is 113 Å². The molecule has 4 rings (SSSR count). The van der Waals surface area contributed by atoms with Gasteiger partial charge in [-0.2, -0.15) is 0 Å². The standard InChI is InChI=1S/C43H74O5Si2/c1-31-34(28-35(47-49(11,12)40(3,4)5)29-38(31)48-50(13,14)41(6,7)8)22-21-33-20-19-27-43(10)36(23-24-37(33)43)32(2)45-30-39(44)46-42(9)25-17-15-16-18-26-42/h21-23,32,35,37-38H,1,15-20,24-30H2,2-14H3/t32-,35+,37-,38-,43+/m0/s1. The van der Waals surface area contributed by atoms with Gasteiger partial charge in [0.25, 0.3) is 0 Å². The zero-order valence-electron chi connectivity index (χ0n) is 34.5. The van der Waals surface area contributed by atoms with E-state index < -0.39 is 16.6 Å². The van der Waals surface area contributed by atoms with E-state index in [1.54, 1.807) is 0 Å². The predicted octanol–water partition coefficient (Wildman–Crippen LogP) is 12.2. The van der Waals surface area contributed by atoms with Gasteiger partial charge in [0, 0.05) is 6.42 Å². The molecule has 3 saturated carbocycles. The van der Waals surface area contributed by atoms with Crippen molar-refractivity contribution in [2.45, 2.75) is 200 Å². The van der Waals surface area contributed by atoms with Gasteiger partial charge >= 0.3 is 5.97 Å². The van der Waals surface area contributed by atoms with E-state index in [4.69, 9.17) is 18.3 Å². The first-order chi connectivity index (χ1) is 23.0. The van der Waals surface area contributed by atoms with Crippen molar-refractivity contribution in [1.82, 2.24) is 0 Å². The summed E-state index contributed by atoms with van der Waals surface area (Å²) in [5.41, 5.74) is 4.97. The molecular formula is C43H74O5Si2. The van der Waals surface area contributed by atoms with Gasteiger partial charge in [-0.15, -0.1) is 0 Å². The second kappa shape index (κ2) is 15.6. The number of carbonyl (C=O) groups excluding carboxylic acids is 1. The van der Waals surface area contributed by atoms with Gasteiger partial charge in [0.1, 0.15) is 12.2 Å². The van der Waals surface area contributed by atoms with Gasteiger partial charge in [0.2, 0.25) is 0 Å². The molecule has 3 fully saturated rings. The summed E-state index contributed by atoms with van der Waals surface area (Å²) in [6.45, 7) is 34.7. The van der Waals surface area contributed by atoms with Crippen molar-refractivity contribution in [2.75, 3.05) is 6.61 Å². The molecule has 7 heteroatoms. The van der Waals surface area contributed by atoms with Gasteiger partial charge in [0.15, 0.2) is 16.6 Å². The van der Waals surface area contributed by atoms with Crippen LogP contribution < -0.4 is 0 Å². The summed E-state index contributed by atoms with van der Waals surface area (Å²) >= 11 is 0. The van der Waals surface area contributed by atoms with E-state index >= 15 is 0 Å². The highest BCUT2D eigenvalue weighted by molar-refractivity contribution is 6.74. The highest BCUT2D eigenvalue weighted by atomic mass is 28.4. The molecule has 0 aromatic rings. The van der Waals surface area contributed by atoms with Gasteiger partial charge in [-0.1, -0.05) is 91.7 Å². The normalized spacial score (nSPS) is 30.5. The molecule has 5 atom stereocenters. The second-order valence-electron chi connectivity index (χ2n) is 19.8. The number of hydrogen-bond donors (Lipinski definition) is 0. The zero-order valence-corrected chi connectivity index (χ0v) is 36.5. The maximum Gasteiger partial charge on any atom is 0.332 e. The van der Waals surface area contributed by atoms with E-state index in [0.717, 1.165) is 69.8 Å². The first-order valence-corrected chi connectivity index (χ1v) is 25.8. The number of allylic oxidation sites excluding steroid dienone is 4. The minimum atomic E-state index is -2.02. The second-order valence-corrected chi connectivity index (χ2v) is 29.3. The molecule has 4 aliphatic carbocycles. The van der Waals surface area contributed by atoms with Crippen molar-refractivity contribution >= 4 is 22.6 Å². The average molecular weight is 727 g/mol. The predicted molar refractivity (Wildman–Crippen MR) is 214 cm³/mol. The van der Waals surface area contributed by atoms with Crippen LogP contribution in [0.1, 0.15) is 139 Å². The number of rotatable bonds is 10. The summed E-state index contributed by atoms with van der Waals surface area (Å²) in [6.07, 6.45) is 20.0. The van der Waals surface area contributed by atoms with E-state index in [0.29, 0.717) is 5.92 Å². The molecule has 5 nitrogen and oxygen atoms in total. The highest BCUT2D eigenvalue weighted by Gasteiger charge is 2.47. The maximum absolute atomic E-state index is 12.9.